The smallest absolute Gasteiger partial charge is 0.0840 e. The first kappa shape index (κ1) is 16.3. The molecule has 22 heavy (non-hydrogen) atoms. The van der Waals surface area contributed by atoms with Gasteiger partial charge in [-0.2, -0.15) is 0 Å². The Labute approximate surface area is 135 Å². The van der Waals surface area contributed by atoms with Crippen LogP contribution in [0.2, 0.25) is 0 Å². The van der Waals surface area contributed by atoms with E-state index in [2.05, 4.69) is 40.3 Å². The Balaban J connectivity index is 2.04. The Morgan fingerprint density at radius 1 is 1.14 bits per heavy atom. The van der Waals surface area contributed by atoms with Crippen LogP contribution < -0.4 is 0 Å². The topological polar surface area (TPSA) is 40.5 Å². The highest BCUT2D eigenvalue weighted by molar-refractivity contribution is 5.30. The molecule has 2 N–H and O–H groups in total. The van der Waals surface area contributed by atoms with Crippen LogP contribution in [0.5, 0.6) is 0 Å². The van der Waals surface area contributed by atoms with Gasteiger partial charge in [-0.05, 0) is 54.9 Å². The van der Waals surface area contributed by atoms with Gasteiger partial charge in [-0.15, -0.1) is 6.58 Å². The highest BCUT2D eigenvalue weighted by Crippen LogP contribution is 2.63. The summed E-state index contributed by atoms with van der Waals surface area (Å²) in [7, 11) is 0. The zero-order chi connectivity index (χ0) is 16.3. The molecule has 3 rings (SSSR count). The molecule has 2 heteroatoms. The molecule has 0 saturated heterocycles. The molecule has 0 aliphatic heterocycles. The Hall–Kier alpha value is -0.600. The molecule has 0 spiro atoms. The first-order chi connectivity index (χ1) is 10.2. The Bertz CT molecular complexity index is 506. The number of fused-ring (bicyclic) bond motifs is 3. The fraction of sp³-hybridized carbons (Fsp3) is 0.800. The molecule has 0 bridgehead atoms. The number of rotatable bonds is 1. The predicted molar refractivity (Wildman–Crippen MR) is 90.4 cm³/mol. The Morgan fingerprint density at radius 3 is 2.45 bits per heavy atom. The molecule has 0 radical (unpaired) electrons. The van der Waals surface area contributed by atoms with Gasteiger partial charge in [0.25, 0.3) is 0 Å². The second-order valence-electron chi connectivity index (χ2n) is 9.11. The third-order valence-electron chi connectivity index (χ3n) is 7.60. The highest BCUT2D eigenvalue weighted by atomic mass is 16.3. The molecule has 0 aromatic heterocycles. The maximum atomic E-state index is 10.9. The second kappa shape index (κ2) is 4.95. The fourth-order valence-corrected chi connectivity index (χ4v) is 5.84. The van der Waals surface area contributed by atoms with Crippen molar-refractivity contribution in [2.75, 3.05) is 0 Å². The summed E-state index contributed by atoms with van der Waals surface area (Å²) in [5.41, 5.74) is 1.11. The highest BCUT2D eigenvalue weighted by Gasteiger charge is 2.59. The van der Waals surface area contributed by atoms with Crippen molar-refractivity contribution in [1.82, 2.24) is 0 Å². The third-order valence-corrected chi connectivity index (χ3v) is 7.60. The normalized spacial score (nSPS) is 50.5. The van der Waals surface area contributed by atoms with Crippen LogP contribution in [-0.2, 0) is 0 Å². The summed E-state index contributed by atoms with van der Waals surface area (Å²) < 4.78 is 0. The third kappa shape index (κ3) is 1.99. The minimum Gasteiger partial charge on any atom is -0.393 e. The fourth-order valence-electron chi connectivity index (χ4n) is 5.84. The first-order valence-electron chi connectivity index (χ1n) is 8.86. The van der Waals surface area contributed by atoms with Crippen LogP contribution in [0.1, 0.15) is 59.8 Å². The summed E-state index contributed by atoms with van der Waals surface area (Å²) in [6, 6.07) is 0. The number of hydrogen-bond acceptors (Lipinski definition) is 2. The van der Waals surface area contributed by atoms with Crippen molar-refractivity contribution in [3.63, 3.8) is 0 Å². The van der Waals surface area contributed by atoms with Gasteiger partial charge in [-0.25, -0.2) is 0 Å². The second-order valence-corrected chi connectivity index (χ2v) is 9.11. The van der Waals surface area contributed by atoms with Crippen LogP contribution in [0.4, 0.5) is 0 Å². The average Bonchev–Trinajstić information content (AvgIpc) is 2.47. The van der Waals surface area contributed by atoms with Gasteiger partial charge in [0.1, 0.15) is 0 Å². The van der Waals surface area contributed by atoms with E-state index >= 15 is 0 Å². The maximum Gasteiger partial charge on any atom is 0.0840 e. The lowest BCUT2D eigenvalue weighted by Crippen LogP contribution is -2.58. The zero-order valence-electron chi connectivity index (χ0n) is 14.6. The van der Waals surface area contributed by atoms with E-state index < -0.39 is 6.10 Å². The molecule has 2 nitrogen and oxygen atoms in total. The van der Waals surface area contributed by atoms with E-state index in [0.29, 0.717) is 11.8 Å². The van der Waals surface area contributed by atoms with Crippen molar-refractivity contribution in [2.24, 2.45) is 28.1 Å². The van der Waals surface area contributed by atoms with Gasteiger partial charge in [-0.3, -0.25) is 0 Å². The SMILES string of the molecule is C=CC1(C)CCC2C(=CCC3C(C)(C)CCC(O)C23C)C1O. The molecule has 2 saturated carbocycles. The summed E-state index contributed by atoms with van der Waals surface area (Å²) in [6.07, 6.45) is 8.48. The molecule has 3 aliphatic rings. The van der Waals surface area contributed by atoms with Crippen molar-refractivity contribution >= 4 is 0 Å². The monoisotopic (exact) mass is 304 g/mol. The van der Waals surface area contributed by atoms with Gasteiger partial charge in [0.2, 0.25) is 0 Å². The van der Waals surface area contributed by atoms with Crippen LogP contribution in [0, 0.1) is 28.1 Å². The molecule has 6 atom stereocenters. The molecule has 0 aromatic rings. The van der Waals surface area contributed by atoms with Gasteiger partial charge in [-0.1, -0.05) is 39.8 Å². The van der Waals surface area contributed by atoms with Crippen molar-refractivity contribution < 1.29 is 10.2 Å². The molecular weight excluding hydrogens is 272 g/mol. The summed E-state index contributed by atoms with van der Waals surface area (Å²) in [6.45, 7) is 13.0. The van der Waals surface area contributed by atoms with Crippen molar-refractivity contribution in [3.8, 4) is 0 Å². The molecule has 124 valence electrons. The lowest BCUT2D eigenvalue weighted by molar-refractivity contribution is -0.142. The van der Waals surface area contributed by atoms with Crippen LogP contribution in [0.25, 0.3) is 0 Å². The summed E-state index contributed by atoms with van der Waals surface area (Å²) in [5.74, 6) is 0.807. The van der Waals surface area contributed by atoms with E-state index in [-0.39, 0.29) is 22.3 Å². The Morgan fingerprint density at radius 2 is 1.82 bits per heavy atom. The predicted octanol–water partition coefficient (Wildman–Crippen LogP) is 4.08. The quantitative estimate of drug-likeness (QED) is 0.717. The van der Waals surface area contributed by atoms with Gasteiger partial charge in [0.05, 0.1) is 12.2 Å². The Kier molecular flexibility index (Phi) is 3.66. The summed E-state index contributed by atoms with van der Waals surface area (Å²) in [4.78, 5) is 0. The standard InChI is InChI=1S/C20H32O2/c1-6-19(4)12-9-14-13(17(19)22)7-8-15-18(2,3)11-10-16(21)20(14,15)5/h6-7,14-17,21-22H,1,8-12H2,2-5H3. The van der Waals surface area contributed by atoms with Gasteiger partial charge in [0, 0.05) is 10.8 Å². The van der Waals surface area contributed by atoms with Crippen LogP contribution in [0.15, 0.2) is 24.3 Å². The van der Waals surface area contributed by atoms with Gasteiger partial charge < -0.3 is 10.2 Å². The number of aliphatic hydroxyl groups excluding tert-OH is 2. The largest absolute Gasteiger partial charge is 0.393 e. The minimum atomic E-state index is -0.446. The first-order valence-corrected chi connectivity index (χ1v) is 8.86. The molecule has 0 aromatic carbocycles. The van der Waals surface area contributed by atoms with E-state index in [0.717, 1.165) is 32.1 Å². The minimum absolute atomic E-state index is 0.102. The molecule has 6 unspecified atom stereocenters. The van der Waals surface area contributed by atoms with E-state index in [4.69, 9.17) is 0 Å². The lowest BCUT2D eigenvalue weighted by atomic mass is 9.44. The molecule has 3 aliphatic carbocycles. The molecule has 2 fully saturated rings. The van der Waals surface area contributed by atoms with E-state index in [1.54, 1.807) is 0 Å². The van der Waals surface area contributed by atoms with E-state index in [1.807, 2.05) is 6.08 Å². The lowest BCUT2D eigenvalue weighted by Gasteiger charge is -2.61. The number of hydrogen-bond donors (Lipinski definition) is 2. The van der Waals surface area contributed by atoms with Crippen LogP contribution in [-0.4, -0.2) is 22.4 Å². The molecule has 0 heterocycles. The number of allylic oxidation sites excluding steroid dienone is 1. The maximum absolute atomic E-state index is 10.9. The molecule has 0 amide bonds. The molecular formula is C20H32O2. The number of aliphatic hydroxyl groups is 2. The van der Waals surface area contributed by atoms with Crippen LogP contribution in [0.3, 0.4) is 0 Å². The average molecular weight is 304 g/mol. The van der Waals surface area contributed by atoms with Gasteiger partial charge >= 0.3 is 0 Å². The van der Waals surface area contributed by atoms with Crippen molar-refractivity contribution in [3.05, 3.63) is 24.3 Å². The van der Waals surface area contributed by atoms with E-state index in [1.165, 1.54) is 5.57 Å². The summed E-state index contributed by atoms with van der Waals surface area (Å²) >= 11 is 0. The zero-order valence-corrected chi connectivity index (χ0v) is 14.6. The van der Waals surface area contributed by atoms with Gasteiger partial charge in [0.15, 0.2) is 0 Å². The van der Waals surface area contributed by atoms with Crippen molar-refractivity contribution in [1.29, 1.82) is 0 Å². The van der Waals surface area contributed by atoms with Crippen LogP contribution >= 0.6 is 0 Å². The van der Waals surface area contributed by atoms with E-state index in [9.17, 15) is 10.2 Å². The van der Waals surface area contributed by atoms with Crippen molar-refractivity contribution in [2.45, 2.75) is 72.0 Å². The summed E-state index contributed by atoms with van der Waals surface area (Å²) in [5, 5.41) is 21.8.